The van der Waals surface area contributed by atoms with Crippen LogP contribution < -0.4 is 5.32 Å². The zero-order valence-corrected chi connectivity index (χ0v) is 22.6. The van der Waals surface area contributed by atoms with Gasteiger partial charge in [0, 0.05) is 44.5 Å². The molecule has 0 radical (unpaired) electrons. The summed E-state index contributed by atoms with van der Waals surface area (Å²) in [4.78, 5) is 27.6. The van der Waals surface area contributed by atoms with Crippen molar-refractivity contribution in [2.45, 2.75) is 56.8 Å². The number of carbonyl (C=O) groups excluding carboxylic acids is 2. The van der Waals surface area contributed by atoms with E-state index >= 15 is 0 Å². The first-order valence-corrected chi connectivity index (χ1v) is 13.1. The molecule has 38 heavy (non-hydrogen) atoms. The van der Waals surface area contributed by atoms with Crippen molar-refractivity contribution in [2.75, 3.05) is 32.5 Å². The summed E-state index contributed by atoms with van der Waals surface area (Å²) in [6.45, 7) is 2.41. The Labute approximate surface area is 226 Å². The summed E-state index contributed by atoms with van der Waals surface area (Å²) in [6.07, 6.45) is -1.27. The van der Waals surface area contributed by atoms with E-state index < -0.39 is 23.2 Å². The molecule has 10 heteroatoms. The van der Waals surface area contributed by atoms with Crippen LogP contribution in [-0.4, -0.2) is 66.1 Å². The van der Waals surface area contributed by atoms with Crippen LogP contribution in [0.2, 0.25) is 5.02 Å². The highest BCUT2D eigenvalue weighted by molar-refractivity contribution is 6.34. The number of aliphatic hydroxyl groups is 1. The summed E-state index contributed by atoms with van der Waals surface area (Å²) in [5, 5.41) is 14.3. The molecule has 2 N–H and O–H groups in total. The number of alkyl halides is 3. The maximum atomic E-state index is 13.9. The largest absolute Gasteiger partial charge is 0.430 e. The molecule has 0 aliphatic carbocycles. The first-order valence-electron chi connectivity index (χ1n) is 12.8. The number of anilines is 1. The topological polar surface area (TPSA) is 72.9 Å². The molecule has 1 saturated heterocycles. The van der Waals surface area contributed by atoms with Crippen molar-refractivity contribution in [3.8, 4) is 0 Å². The van der Waals surface area contributed by atoms with Gasteiger partial charge >= 0.3 is 6.18 Å². The fraction of sp³-hybridized carbons (Fsp3) is 0.500. The molecule has 208 valence electrons. The molecular weight excluding hydrogens is 519 g/mol. The molecule has 2 aromatic carbocycles. The van der Waals surface area contributed by atoms with Crippen LogP contribution in [0, 0.1) is 5.92 Å². The Morgan fingerprint density at radius 2 is 1.76 bits per heavy atom. The number of piperidine rings is 1. The van der Waals surface area contributed by atoms with Gasteiger partial charge in [0.05, 0.1) is 10.6 Å². The molecule has 0 spiro atoms. The molecule has 2 atom stereocenters. The van der Waals surface area contributed by atoms with Crippen LogP contribution in [-0.2, 0) is 10.4 Å². The second-order valence-electron chi connectivity index (χ2n) is 10.2. The lowest BCUT2D eigenvalue weighted by molar-refractivity contribution is -0.262. The lowest BCUT2D eigenvalue weighted by atomic mass is 9.87. The van der Waals surface area contributed by atoms with Crippen molar-refractivity contribution >= 4 is 29.1 Å². The van der Waals surface area contributed by atoms with Gasteiger partial charge in [-0.3, -0.25) is 9.59 Å². The zero-order chi connectivity index (χ0) is 28.1. The Morgan fingerprint density at radius 1 is 1.13 bits per heavy atom. The summed E-state index contributed by atoms with van der Waals surface area (Å²) >= 11 is 6.29. The van der Waals surface area contributed by atoms with Crippen LogP contribution in [0.25, 0.3) is 0 Å². The molecule has 0 aromatic heterocycles. The number of nitrogens with one attached hydrogen (secondary N) is 1. The van der Waals surface area contributed by atoms with E-state index in [9.17, 15) is 27.9 Å². The zero-order valence-electron chi connectivity index (χ0n) is 21.9. The van der Waals surface area contributed by atoms with Crippen molar-refractivity contribution in [1.82, 2.24) is 9.80 Å². The van der Waals surface area contributed by atoms with Crippen LogP contribution in [0.3, 0.4) is 0 Å². The van der Waals surface area contributed by atoms with Crippen LogP contribution in [0.5, 0.6) is 0 Å². The molecular formula is C28H35ClF3N3O3. The molecule has 2 aromatic rings. The average Bonchev–Trinajstić information content (AvgIpc) is 2.87. The van der Waals surface area contributed by atoms with Gasteiger partial charge in [0.15, 0.2) is 0 Å². The molecule has 0 bridgehead atoms. The number of likely N-dealkylation sites (tertiary alicyclic amines) is 1. The summed E-state index contributed by atoms with van der Waals surface area (Å²) in [5.41, 5.74) is -2.76. The van der Waals surface area contributed by atoms with Gasteiger partial charge in [-0.15, -0.1) is 0 Å². The Balaban J connectivity index is 1.48. The van der Waals surface area contributed by atoms with E-state index in [2.05, 4.69) is 12.2 Å². The van der Waals surface area contributed by atoms with Crippen molar-refractivity contribution in [2.24, 2.45) is 5.92 Å². The van der Waals surface area contributed by atoms with Crippen molar-refractivity contribution in [3.63, 3.8) is 0 Å². The van der Waals surface area contributed by atoms with Gasteiger partial charge in [-0.1, -0.05) is 54.8 Å². The molecule has 1 aliphatic heterocycles. The fourth-order valence-electron chi connectivity index (χ4n) is 4.83. The maximum absolute atomic E-state index is 13.9. The third-order valence-electron chi connectivity index (χ3n) is 7.08. The standard InChI is InChI=1S/C28H35ClF3N3O3/c1-19(33-22-12-13-23(24(29)18-22)25(36)34(2)3)8-7-9-20-14-16-35(17-15-20)26(37)27(38,28(30,31)32)21-10-5-4-6-11-21/h4-6,10-13,18-20,33,38H,7-9,14-17H2,1-3H3/t19-,27-/m1/s1. The predicted molar refractivity (Wildman–Crippen MR) is 142 cm³/mol. The van der Waals surface area contributed by atoms with E-state index in [4.69, 9.17) is 11.6 Å². The van der Waals surface area contributed by atoms with Crippen LogP contribution in [0.4, 0.5) is 18.9 Å². The lowest BCUT2D eigenvalue weighted by Gasteiger charge is -2.38. The van der Waals surface area contributed by atoms with Crippen molar-refractivity contribution < 1.29 is 27.9 Å². The Morgan fingerprint density at radius 3 is 2.32 bits per heavy atom. The van der Waals surface area contributed by atoms with Gasteiger partial charge in [-0.05, 0) is 50.3 Å². The minimum atomic E-state index is -5.13. The van der Waals surface area contributed by atoms with Crippen molar-refractivity contribution in [3.05, 3.63) is 64.7 Å². The minimum Gasteiger partial charge on any atom is -0.383 e. The van der Waals surface area contributed by atoms with Crippen LogP contribution in [0.15, 0.2) is 48.5 Å². The van der Waals surface area contributed by atoms with E-state index in [0.717, 1.165) is 42.0 Å². The van der Waals surface area contributed by atoms with Gasteiger partial charge in [-0.2, -0.15) is 13.2 Å². The number of amides is 2. The van der Waals surface area contributed by atoms with Gasteiger partial charge < -0.3 is 20.2 Å². The lowest BCUT2D eigenvalue weighted by Crippen LogP contribution is -2.57. The summed E-state index contributed by atoms with van der Waals surface area (Å²) < 4.78 is 41.6. The molecule has 1 aliphatic rings. The van der Waals surface area contributed by atoms with Crippen molar-refractivity contribution in [1.29, 1.82) is 0 Å². The highest BCUT2D eigenvalue weighted by atomic mass is 35.5. The Bertz CT molecular complexity index is 1110. The average molecular weight is 554 g/mol. The molecule has 6 nitrogen and oxygen atoms in total. The van der Waals surface area contributed by atoms with E-state index in [1.807, 2.05) is 6.07 Å². The third-order valence-corrected chi connectivity index (χ3v) is 7.39. The smallest absolute Gasteiger partial charge is 0.383 e. The Hall–Kier alpha value is -2.78. The highest BCUT2D eigenvalue weighted by Crippen LogP contribution is 2.41. The monoisotopic (exact) mass is 553 g/mol. The van der Waals surface area contributed by atoms with Gasteiger partial charge in [-0.25, -0.2) is 0 Å². The first kappa shape index (κ1) is 29.8. The highest BCUT2D eigenvalue weighted by Gasteiger charge is 2.62. The summed E-state index contributed by atoms with van der Waals surface area (Å²) in [5.74, 6) is -1.18. The predicted octanol–water partition coefficient (Wildman–Crippen LogP) is 5.70. The molecule has 0 saturated carbocycles. The molecule has 1 fully saturated rings. The third kappa shape index (κ3) is 6.80. The molecule has 0 unspecified atom stereocenters. The quantitative estimate of drug-likeness (QED) is 0.418. The van der Waals surface area contributed by atoms with Crippen LogP contribution in [0.1, 0.15) is 54.9 Å². The number of nitrogens with zero attached hydrogens (tertiary/aromatic N) is 2. The summed E-state index contributed by atoms with van der Waals surface area (Å²) in [7, 11) is 3.34. The number of hydrogen-bond acceptors (Lipinski definition) is 4. The summed E-state index contributed by atoms with van der Waals surface area (Å²) in [6, 6.07) is 11.9. The van der Waals surface area contributed by atoms with E-state index in [1.54, 1.807) is 26.2 Å². The Kier molecular flexibility index (Phi) is 9.70. The minimum absolute atomic E-state index is 0.149. The second-order valence-corrected chi connectivity index (χ2v) is 10.6. The normalized spacial score (nSPS) is 17.0. The van der Waals surface area contributed by atoms with Gasteiger partial charge in [0.25, 0.3) is 17.4 Å². The number of hydrogen-bond donors (Lipinski definition) is 2. The molecule has 1 heterocycles. The fourth-order valence-corrected chi connectivity index (χ4v) is 5.09. The van der Waals surface area contributed by atoms with Gasteiger partial charge in [0.1, 0.15) is 0 Å². The number of rotatable bonds is 9. The maximum Gasteiger partial charge on any atom is 0.430 e. The second kappa shape index (κ2) is 12.4. The van der Waals surface area contributed by atoms with E-state index in [1.165, 1.54) is 23.1 Å². The number of carbonyl (C=O) groups is 2. The number of benzene rings is 2. The molecule has 2 amide bonds. The van der Waals surface area contributed by atoms with E-state index in [0.29, 0.717) is 29.3 Å². The van der Waals surface area contributed by atoms with E-state index in [-0.39, 0.29) is 25.0 Å². The first-order chi connectivity index (χ1) is 17.8. The molecule has 3 rings (SSSR count). The SMILES string of the molecule is C[C@H](CCCC1CCN(C(=O)[C@](O)(c2ccccc2)C(F)(F)F)CC1)Nc1ccc(C(=O)N(C)C)c(Cl)c1. The number of halogens is 4. The van der Waals surface area contributed by atoms with Crippen LogP contribution >= 0.6 is 11.6 Å². The van der Waals surface area contributed by atoms with Gasteiger partial charge in [0.2, 0.25) is 0 Å².